The van der Waals surface area contributed by atoms with Crippen LogP contribution in [0.5, 0.6) is 0 Å². The van der Waals surface area contributed by atoms with Crippen molar-refractivity contribution in [2.24, 2.45) is 7.05 Å². The van der Waals surface area contributed by atoms with Crippen LogP contribution in [0, 0.1) is 6.92 Å². The van der Waals surface area contributed by atoms with E-state index in [0.29, 0.717) is 28.6 Å². The van der Waals surface area contributed by atoms with Gasteiger partial charge in [-0.3, -0.25) is 9.36 Å². The van der Waals surface area contributed by atoms with Crippen LogP contribution in [0.3, 0.4) is 0 Å². The molecule has 34 heavy (non-hydrogen) atoms. The van der Waals surface area contributed by atoms with Crippen molar-refractivity contribution in [3.05, 3.63) is 57.1 Å². The van der Waals surface area contributed by atoms with Gasteiger partial charge in [-0.05, 0) is 54.8 Å². The van der Waals surface area contributed by atoms with Crippen molar-refractivity contribution < 1.29 is 0 Å². The lowest BCUT2D eigenvalue weighted by atomic mass is 9.95. The molecule has 0 aliphatic carbocycles. The number of aryl methyl sites for hydroxylation is 4. The van der Waals surface area contributed by atoms with E-state index >= 15 is 0 Å². The summed E-state index contributed by atoms with van der Waals surface area (Å²) in [4.78, 5) is 19.3. The average molecular weight is 476 g/mol. The normalized spacial score (nSPS) is 14.1. The molecule has 1 N–H and O–H groups in total. The largest absolute Gasteiger partial charge is 0.377 e. The Bertz CT molecular complexity index is 1650. The summed E-state index contributed by atoms with van der Waals surface area (Å²) < 4.78 is 3.79. The molecule has 0 spiro atoms. The van der Waals surface area contributed by atoms with Crippen molar-refractivity contribution in [1.29, 1.82) is 0 Å². The maximum absolute atomic E-state index is 13.5. The maximum Gasteiger partial charge on any atom is 0.260 e. The van der Waals surface area contributed by atoms with Crippen molar-refractivity contribution in [3.63, 3.8) is 0 Å². The number of tetrazole rings is 1. The van der Waals surface area contributed by atoms with E-state index in [4.69, 9.17) is 11.6 Å². The molecule has 4 aromatic heterocycles. The molecule has 1 aromatic carbocycles. The number of rotatable bonds is 4. The third-order valence-corrected chi connectivity index (χ3v) is 6.51. The number of aromatic nitrogens is 8. The summed E-state index contributed by atoms with van der Waals surface area (Å²) in [7, 11) is 1.70. The molecular formula is C23H22ClN9O. The molecule has 0 fully saturated rings. The number of benzene rings is 1. The molecule has 5 heterocycles. The first-order chi connectivity index (χ1) is 16.4. The number of hydrogen-bond acceptors (Lipinski definition) is 7. The van der Waals surface area contributed by atoms with E-state index < -0.39 is 0 Å². The summed E-state index contributed by atoms with van der Waals surface area (Å²) in [6.07, 6.45) is 2.78. The van der Waals surface area contributed by atoms with E-state index in [1.54, 1.807) is 13.1 Å². The van der Waals surface area contributed by atoms with Crippen molar-refractivity contribution in [3.8, 4) is 11.5 Å². The monoisotopic (exact) mass is 475 g/mol. The Hall–Kier alpha value is -3.79. The fourth-order valence-electron chi connectivity index (χ4n) is 4.87. The van der Waals surface area contributed by atoms with Gasteiger partial charge in [-0.1, -0.05) is 17.7 Å². The third kappa shape index (κ3) is 3.17. The van der Waals surface area contributed by atoms with Crippen LogP contribution in [-0.4, -0.2) is 39.5 Å². The highest BCUT2D eigenvalue weighted by Gasteiger charge is 2.23. The minimum absolute atomic E-state index is 0.0266. The van der Waals surface area contributed by atoms with Crippen LogP contribution in [0.2, 0.25) is 5.15 Å². The fraction of sp³-hybridized carbons (Fsp3) is 0.304. The van der Waals surface area contributed by atoms with Gasteiger partial charge in [0.15, 0.2) is 0 Å². The minimum Gasteiger partial charge on any atom is -0.377 e. The zero-order chi connectivity index (χ0) is 23.6. The summed E-state index contributed by atoms with van der Waals surface area (Å²) >= 11 is 6.18. The lowest BCUT2D eigenvalue weighted by Gasteiger charge is -2.22. The van der Waals surface area contributed by atoms with E-state index in [1.165, 1.54) is 4.80 Å². The molecule has 172 valence electrons. The van der Waals surface area contributed by atoms with Gasteiger partial charge < -0.3 is 5.32 Å². The van der Waals surface area contributed by atoms with Gasteiger partial charge >= 0.3 is 0 Å². The molecule has 1 aliphatic rings. The minimum atomic E-state index is -0.162. The molecule has 1 aliphatic heterocycles. The van der Waals surface area contributed by atoms with Crippen LogP contribution >= 0.6 is 11.6 Å². The van der Waals surface area contributed by atoms with Crippen molar-refractivity contribution >= 4 is 39.1 Å². The summed E-state index contributed by atoms with van der Waals surface area (Å²) in [5, 5.41) is 23.4. The van der Waals surface area contributed by atoms with Crippen LogP contribution in [0.1, 0.15) is 30.5 Å². The van der Waals surface area contributed by atoms with Crippen LogP contribution in [-0.2, 0) is 20.1 Å². The molecule has 0 saturated heterocycles. The lowest BCUT2D eigenvalue weighted by Crippen LogP contribution is -2.27. The molecule has 1 unspecified atom stereocenters. The Morgan fingerprint density at radius 3 is 2.82 bits per heavy atom. The predicted molar refractivity (Wildman–Crippen MR) is 130 cm³/mol. The number of fused-ring (bicyclic) bond motifs is 2. The Morgan fingerprint density at radius 2 is 2.03 bits per heavy atom. The second-order valence-corrected chi connectivity index (χ2v) is 9.08. The van der Waals surface area contributed by atoms with E-state index in [0.717, 1.165) is 46.2 Å². The Kier molecular flexibility index (Phi) is 4.66. The highest BCUT2D eigenvalue weighted by atomic mass is 35.5. The first kappa shape index (κ1) is 20.8. The fourth-order valence-corrected chi connectivity index (χ4v) is 5.02. The topological polar surface area (TPSA) is 108 Å². The van der Waals surface area contributed by atoms with Crippen LogP contribution in [0.25, 0.3) is 33.3 Å². The average Bonchev–Trinajstić information content (AvgIpc) is 3.45. The maximum atomic E-state index is 13.5. The number of nitrogens with zero attached hydrogens (tertiary/aromatic N) is 8. The molecule has 11 heteroatoms. The van der Waals surface area contributed by atoms with Crippen molar-refractivity contribution in [2.75, 3.05) is 5.32 Å². The molecular weight excluding hydrogens is 454 g/mol. The summed E-state index contributed by atoms with van der Waals surface area (Å²) in [6, 6.07) is 7.51. The number of halogens is 1. The van der Waals surface area contributed by atoms with Crippen LogP contribution in [0.4, 0.5) is 5.69 Å². The zero-order valence-electron chi connectivity index (χ0n) is 18.9. The molecule has 10 nitrogen and oxygen atoms in total. The van der Waals surface area contributed by atoms with Gasteiger partial charge in [-0.2, -0.15) is 9.90 Å². The zero-order valence-corrected chi connectivity index (χ0v) is 19.7. The van der Waals surface area contributed by atoms with E-state index in [9.17, 15) is 4.79 Å². The van der Waals surface area contributed by atoms with Gasteiger partial charge in [0.05, 0.1) is 18.9 Å². The molecule has 5 aromatic rings. The SMILES string of the molecule is Cc1cc(C(C)Nc2ccc(Cl)nc2-c2nnn(C)n2)c2c(c1)c(=O)n1c3c2cnn3CCC1. The van der Waals surface area contributed by atoms with Gasteiger partial charge in [0.25, 0.3) is 5.56 Å². The van der Waals surface area contributed by atoms with Crippen LogP contribution in [0.15, 0.2) is 35.3 Å². The standard InChI is InChI=1S/C23H22ClN9O/c1-12-9-14(13(2)26-17-5-6-18(24)27-20(17)21-28-30-31(3)29-21)19-15(10-12)23(34)32-7-4-8-33-22(32)16(19)11-25-33/h5-6,9-11,13,26H,4,7-8H2,1-3H3. The molecule has 0 bridgehead atoms. The first-order valence-corrected chi connectivity index (χ1v) is 11.5. The number of nitrogens with one attached hydrogen (secondary N) is 1. The predicted octanol–water partition coefficient (Wildman–Crippen LogP) is 3.48. The first-order valence-electron chi connectivity index (χ1n) is 11.1. The Labute approximate surface area is 199 Å². The van der Waals surface area contributed by atoms with Gasteiger partial charge in [0, 0.05) is 35.3 Å². The molecule has 0 amide bonds. The van der Waals surface area contributed by atoms with Gasteiger partial charge in [-0.25, -0.2) is 9.67 Å². The quantitative estimate of drug-likeness (QED) is 0.396. The second-order valence-electron chi connectivity index (χ2n) is 8.69. The van der Waals surface area contributed by atoms with Crippen molar-refractivity contribution in [2.45, 2.75) is 39.4 Å². The highest BCUT2D eigenvalue weighted by Crippen LogP contribution is 2.35. The Morgan fingerprint density at radius 1 is 1.18 bits per heavy atom. The van der Waals surface area contributed by atoms with Crippen molar-refractivity contribution in [1.82, 2.24) is 39.5 Å². The Balaban J connectivity index is 1.53. The van der Waals surface area contributed by atoms with E-state index in [-0.39, 0.29) is 11.6 Å². The van der Waals surface area contributed by atoms with Gasteiger partial charge in [0.2, 0.25) is 5.82 Å². The summed E-state index contributed by atoms with van der Waals surface area (Å²) in [6.45, 7) is 5.59. The molecule has 1 atom stereocenters. The number of anilines is 1. The summed E-state index contributed by atoms with van der Waals surface area (Å²) in [5.41, 5.74) is 4.18. The van der Waals surface area contributed by atoms with E-state index in [2.05, 4.69) is 43.8 Å². The van der Waals surface area contributed by atoms with Gasteiger partial charge in [0.1, 0.15) is 16.5 Å². The molecule has 0 saturated carbocycles. The third-order valence-electron chi connectivity index (χ3n) is 6.30. The van der Waals surface area contributed by atoms with E-state index in [1.807, 2.05) is 34.5 Å². The smallest absolute Gasteiger partial charge is 0.260 e. The second kappa shape index (κ2) is 7.63. The lowest BCUT2D eigenvalue weighted by molar-refractivity contribution is 0.485. The van der Waals surface area contributed by atoms with Gasteiger partial charge in [-0.15, -0.1) is 10.2 Å². The highest BCUT2D eigenvalue weighted by molar-refractivity contribution is 6.29. The number of hydrogen-bond donors (Lipinski definition) is 1. The molecule has 0 radical (unpaired) electrons. The van der Waals surface area contributed by atoms with Crippen LogP contribution < -0.4 is 10.9 Å². The number of pyridine rings is 2. The molecule has 6 rings (SSSR count). The summed E-state index contributed by atoms with van der Waals surface area (Å²) in [5.74, 6) is 0.377.